The lowest BCUT2D eigenvalue weighted by Crippen LogP contribution is -2.52. The second kappa shape index (κ2) is 7.99. The van der Waals surface area contributed by atoms with Gasteiger partial charge in [0.25, 0.3) is 0 Å². The van der Waals surface area contributed by atoms with Crippen LogP contribution >= 0.6 is 11.8 Å². The maximum atomic E-state index is 11.6. The molecule has 4 heteroatoms. The van der Waals surface area contributed by atoms with Crippen LogP contribution in [0.4, 0.5) is 0 Å². The summed E-state index contributed by atoms with van der Waals surface area (Å²) in [5.74, 6) is 1.70. The predicted octanol–water partition coefficient (Wildman–Crippen LogP) is 2.06. The number of carbonyl (C=O) groups excluding carboxylic acids is 1. The van der Waals surface area contributed by atoms with Crippen LogP contribution in [0.3, 0.4) is 0 Å². The standard InChI is InChI=1S/C11H23NO2S/c1-5-7-8-15-9-11(3,12-6-2)10(13)14-4/h12H,5-9H2,1-4H3. The Morgan fingerprint density at radius 1 is 1.47 bits per heavy atom. The van der Waals surface area contributed by atoms with E-state index in [4.69, 9.17) is 4.74 Å². The van der Waals surface area contributed by atoms with Crippen molar-refractivity contribution in [2.24, 2.45) is 0 Å². The van der Waals surface area contributed by atoms with E-state index in [0.717, 1.165) is 18.1 Å². The van der Waals surface area contributed by atoms with Crippen molar-refractivity contribution in [2.75, 3.05) is 25.2 Å². The van der Waals surface area contributed by atoms with Gasteiger partial charge in [0.2, 0.25) is 0 Å². The van der Waals surface area contributed by atoms with E-state index < -0.39 is 5.54 Å². The molecule has 0 aliphatic carbocycles. The average molecular weight is 233 g/mol. The van der Waals surface area contributed by atoms with Crippen molar-refractivity contribution in [3.63, 3.8) is 0 Å². The Balaban J connectivity index is 4.07. The zero-order valence-corrected chi connectivity index (χ0v) is 11.1. The van der Waals surface area contributed by atoms with Crippen molar-refractivity contribution >= 4 is 17.7 Å². The zero-order chi connectivity index (χ0) is 11.7. The topological polar surface area (TPSA) is 38.3 Å². The number of carbonyl (C=O) groups is 1. The van der Waals surface area contributed by atoms with Gasteiger partial charge in [-0.25, -0.2) is 0 Å². The first kappa shape index (κ1) is 14.8. The highest BCUT2D eigenvalue weighted by Gasteiger charge is 2.32. The van der Waals surface area contributed by atoms with Crippen molar-refractivity contribution < 1.29 is 9.53 Å². The molecule has 0 rings (SSSR count). The normalized spacial score (nSPS) is 14.7. The van der Waals surface area contributed by atoms with E-state index in [1.54, 1.807) is 11.8 Å². The fraction of sp³-hybridized carbons (Fsp3) is 0.909. The molecule has 90 valence electrons. The summed E-state index contributed by atoms with van der Waals surface area (Å²) in [5.41, 5.74) is -0.540. The van der Waals surface area contributed by atoms with Crippen LogP contribution in [0, 0.1) is 0 Å². The Kier molecular flexibility index (Phi) is 7.88. The number of ether oxygens (including phenoxy) is 1. The van der Waals surface area contributed by atoms with Gasteiger partial charge >= 0.3 is 5.97 Å². The van der Waals surface area contributed by atoms with Crippen LogP contribution in [-0.4, -0.2) is 36.7 Å². The highest BCUT2D eigenvalue weighted by Crippen LogP contribution is 2.16. The van der Waals surface area contributed by atoms with Crippen molar-refractivity contribution in [1.82, 2.24) is 5.32 Å². The highest BCUT2D eigenvalue weighted by molar-refractivity contribution is 7.99. The number of nitrogens with one attached hydrogen (secondary N) is 1. The highest BCUT2D eigenvalue weighted by atomic mass is 32.2. The number of unbranched alkanes of at least 4 members (excludes halogenated alkanes) is 1. The molecule has 0 aliphatic heterocycles. The number of rotatable bonds is 8. The molecule has 0 heterocycles. The Hall–Kier alpha value is -0.220. The molecule has 1 N–H and O–H groups in total. The van der Waals surface area contributed by atoms with Crippen molar-refractivity contribution in [3.05, 3.63) is 0 Å². The van der Waals surface area contributed by atoms with Crippen LogP contribution in [-0.2, 0) is 9.53 Å². The molecule has 0 aliphatic rings. The van der Waals surface area contributed by atoms with Gasteiger partial charge in [0, 0.05) is 5.75 Å². The first-order valence-electron chi connectivity index (χ1n) is 5.52. The van der Waals surface area contributed by atoms with Crippen LogP contribution in [0.25, 0.3) is 0 Å². The van der Waals surface area contributed by atoms with Gasteiger partial charge in [-0.3, -0.25) is 4.79 Å². The summed E-state index contributed by atoms with van der Waals surface area (Å²) in [6.45, 7) is 6.85. The lowest BCUT2D eigenvalue weighted by Gasteiger charge is -2.27. The number of methoxy groups -OCH3 is 1. The van der Waals surface area contributed by atoms with E-state index in [-0.39, 0.29) is 5.97 Å². The van der Waals surface area contributed by atoms with Crippen LogP contribution in [0.1, 0.15) is 33.6 Å². The largest absolute Gasteiger partial charge is 0.468 e. The summed E-state index contributed by atoms with van der Waals surface area (Å²) in [6, 6.07) is 0. The Labute approximate surface area is 97.3 Å². The molecule has 0 aromatic heterocycles. The molecule has 0 fully saturated rings. The van der Waals surface area contributed by atoms with Gasteiger partial charge in [0.05, 0.1) is 7.11 Å². The van der Waals surface area contributed by atoms with E-state index in [1.165, 1.54) is 20.0 Å². The molecular weight excluding hydrogens is 210 g/mol. The van der Waals surface area contributed by atoms with Gasteiger partial charge in [-0.1, -0.05) is 20.3 Å². The summed E-state index contributed by atoms with van der Waals surface area (Å²) >= 11 is 1.81. The van der Waals surface area contributed by atoms with Gasteiger partial charge in [0.1, 0.15) is 5.54 Å². The average Bonchev–Trinajstić information content (AvgIpc) is 2.23. The van der Waals surface area contributed by atoms with E-state index in [0.29, 0.717) is 0 Å². The lowest BCUT2D eigenvalue weighted by molar-refractivity contribution is -0.146. The third kappa shape index (κ3) is 5.42. The SMILES string of the molecule is CCCCSCC(C)(NCC)C(=O)OC. The minimum Gasteiger partial charge on any atom is -0.468 e. The molecule has 0 amide bonds. The summed E-state index contributed by atoms with van der Waals surface area (Å²) in [6.07, 6.45) is 2.40. The molecule has 0 aromatic carbocycles. The third-order valence-corrected chi connectivity index (χ3v) is 3.59. The molecule has 0 saturated heterocycles. The molecule has 0 aromatic rings. The lowest BCUT2D eigenvalue weighted by atomic mass is 10.1. The number of hydrogen-bond acceptors (Lipinski definition) is 4. The van der Waals surface area contributed by atoms with Gasteiger partial charge in [-0.05, 0) is 25.6 Å². The van der Waals surface area contributed by atoms with E-state index in [9.17, 15) is 4.79 Å². The quantitative estimate of drug-likeness (QED) is 0.514. The second-order valence-corrected chi connectivity index (χ2v) is 4.87. The van der Waals surface area contributed by atoms with Crippen molar-refractivity contribution in [1.29, 1.82) is 0 Å². The zero-order valence-electron chi connectivity index (χ0n) is 10.3. The molecule has 0 saturated carbocycles. The molecule has 0 spiro atoms. The van der Waals surface area contributed by atoms with Crippen LogP contribution in [0.5, 0.6) is 0 Å². The Bertz CT molecular complexity index is 187. The number of thioether (sulfide) groups is 1. The number of likely N-dealkylation sites (N-methyl/N-ethyl adjacent to an activating group) is 1. The monoisotopic (exact) mass is 233 g/mol. The molecular formula is C11H23NO2S. The van der Waals surface area contributed by atoms with E-state index >= 15 is 0 Å². The Morgan fingerprint density at radius 3 is 2.60 bits per heavy atom. The maximum Gasteiger partial charge on any atom is 0.326 e. The maximum absolute atomic E-state index is 11.6. The van der Waals surface area contributed by atoms with Crippen LogP contribution in [0.2, 0.25) is 0 Å². The third-order valence-electron chi connectivity index (χ3n) is 2.24. The predicted molar refractivity (Wildman–Crippen MR) is 66.3 cm³/mol. The van der Waals surface area contributed by atoms with E-state index in [2.05, 4.69) is 12.2 Å². The smallest absolute Gasteiger partial charge is 0.326 e. The Morgan fingerprint density at radius 2 is 2.13 bits per heavy atom. The van der Waals surface area contributed by atoms with Crippen LogP contribution < -0.4 is 5.32 Å². The molecule has 0 bridgehead atoms. The molecule has 15 heavy (non-hydrogen) atoms. The molecule has 3 nitrogen and oxygen atoms in total. The minimum absolute atomic E-state index is 0.173. The van der Waals surface area contributed by atoms with Crippen LogP contribution in [0.15, 0.2) is 0 Å². The summed E-state index contributed by atoms with van der Waals surface area (Å²) < 4.78 is 4.81. The first-order valence-corrected chi connectivity index (χ1v) is 6.67. The molecule has 0 radical (unpaired) electrons. The minimum atomic E-state index is -0.540. The fourth-order valence-corrected chi connectivity index (χ4v) is 2.59. The number of esters is 1. The van der Waals surface area contributed by atoms with Gasteiger partial charge in [-0.15, -0.1) is 0 Å². The fourth-order valence-electron chi connectivity index (χ4n) is 1.32. The molecule has 1 unspecified atom stereocenters. The first-order chi connectivity index (χ1) is 7.10. The van der Waals surface area contributed by atoms with Crippen molar-refractivity contribution in [2.45, 2.75) is 39.2 Å². The van der Waals surface area contributed by atoms with Gasteiger partial charge < -0.3 is 10.1 Å². The molecule has 1 atom stereocenters. The summed E-state index contributed by atoms with van der Waals surface area (Å²) in [5, 5.41) is 3.19. The van der Waals surface area contributed by atoms with Gasteiger partial charge in [0.15, 0.2) is 0 Å². The summed E-state index contributed by atoms with van der Waals surface area (Å²) in [4.78, 5) is 11.6. The van der Waals surface area contributed by atoms with E-state index in [1.807, 2.05) is 13.8 Å². The van der Waals surface area contributed by atoms with Gasteiger partial charge in [-0.2, -0.15) is 11.8 Å². The summed E-state index contributed by atoms with van der Waals surface area (Å²) in [7, 11) is 1.44. The van der Waals surface area contributed by atoms with Crippen molar-refractivity contribution in [3.8, 4) is 0 Å². The number of hydrogen-bond donors (Lipinski definition) is 1. The second-order valence-electron chi connectivity index (χ2n) is 3.76.